The van der Waals surface area contributed by atoms with Gasteiger partial charge in [0, 0.05) is 30.7 Å². The molecule has 1 aliphatic heterocycles. The van der Waals surface area contributed by atoms with E-state index in [4.69, 9.17) is 0 Å². The normalized spacial score (nSPS) is 20.0. The maximum Gasteiger partial charge on any atom is 0.251 e. The van der Waals surface area contributed by atoms with Gasteiger partial charge in [0.1, 0.15) is 5.82 Å². The Labute approximate surface area is 201 Å². The number of aryl methyl sites for hydroxylation is 2. The average Bonchev–Trinajstić information content (AvgIpc) is 3.61. The summed E-state index contributed by atoms with van der Waals surface area (Å²) in [5.74, 6) is -1.01. The molecule has 178 valence electrons. The van der Waals surface area contributed by atoms with E-state index in [0.717, 1.165) is 24.9 Å². The zero-order valence-corrected chi connectivity index (χ0v) is 20.3. The summed E-state index contributed by atoms with van der Waals surface area (Å²) in [4.78, 5) is 28.6. The molecule has 2 atom stereocenters. The van der Waals surface area contributed by atoms with Crippen LogP contribution in [0.15, 0.2) is 36.4 Å². The van der Waals surface area contributed by atoms with Gasteiger partial charge in [0.25, 0.3) is 5.91 Å². The number of carbonyl (C=O) groups is 2. The van der Waals surface area contributed by atoms with Gasteiger partial charge >= 0.3 is 0 Å². The smallest absolute Gasteiger partial charge is 0.251 e. The number of halogens is 2. The number of hydrogen-bond donors (Lipinski definition) is 2. The van der Waals surface area contributed by atoms with Crippen molar-refractivity contribution in [1.29, 1.82) is 0 Å². The molecule has 2 unspecified atom stereocenters. The van der Waals surface area contributed by atoms with Crippen LogP contribution in [0.4, 0.5) is 4.39 Å². The highest BCUT2D eigenvalue weighted by atomic mass is 35.5. The number of benzene rings is 2. The Balaban J connectivity index is 0.00000306. The van der Waals surface area contributed by atoms with Gasteiger partial charge in [-0.3, -0.25) is 9.59 Å². The van der Waals surface area contributed by atoms with Crippen molar-refractivity contribution >= 4 is 24.2 Å². The maximum absolute atomic E-state index is 13.7. The fraction of sp³-hybridized carbons (Fsp3) is 0.462. The van der Waals surface area contributed by atoms with E-state index in [2.05, 4.69) is 36.6 Å². The van der Waals surface area contributed by atoms with Gasteiger partial charge in [-0.05, 0) is 81.0 Å². The Morgan fingerprint density at radius 2 is 1.85 bits per heavy atom. The SMILES string of the molecule is Cc1ccc(F)cc1C(=O)NC1CCNCC1C(=O)N(Cc1cccc(C)c1C)C1CC1.Cl. The molecule has 4 rings (SSSR count). The van der Waals surface area contributed by atoms with Gasteiger partial charge in [-0.15, -0.1) is 12.4 Å². The third kappa shape index (κ3) is 5.74. The number of carbonyl (C=O) groups excluding carboxylic acids is 2. The first kappa shape index (κ1) is 25.2. The van der Waals surface area contributed by atoms with Gasteiger partial charge in [-0.2, -0.15) is 0 Å². The molecule has 5 nitrogen and oxygen atoms in total. The fourth-order valence-corrected chi connectivity index (χ4v) is 4.53. The van der Waals surface area contributed by atoms with Gasteiger partial charge in [0.2, 0.25) is 5.91 Å². The molecule has 7 heteroatoms. The maximum atomic E-state index is 13.7. The van der Waals surface area contributed by atoms with E-state index < -0.39 is 5.82 Å². The molecule has 1 saturated heterocycles. The van der Waals surface area contributed by atoms with E-state index in [1.165, 1.54) is 28.8 Å². The molecule has 0 spiro atoms. The minimum absolute atomic E-state index is 0. The molecule has 1 saturated carbocycles. The molecule has 2 aromatic carbocycles. The van der Waals surface area contributed by atoms with Crippen molar-refractivity contribution in [3.05, 3.63) is 70.0 Å². The second-order valence-corrected chi connectivity index (χ2v) is 9.19. The van der Waals surface area contributed by atoms with Gasteiger partial charge in [0.15, 0.2) is 0 Å². The van der Waals surface area contributed by atoms with E-state index >= 15 is 0 Å². The Kier molecular flexibility index (Phi) is 8.14. The highest BCUT2D eigenvalue weighted by Gasteiger charge is 2.40. The standard InChI is InChI=1S/C26H32FN3O2.ClH/c1-16-5-4-6-19(18(16)3)15-30(21-9-10-21)26(32)23-14-28-12-11-24(23)29-25(31)22-13-20(27)8-7-17(22)2;/h4-8,13,21,23-24,28H,9-12,14-15H2,1-3H3,(H,29,31);1H. The Morgan fingerprint density at radius 3 is 2.58 bits per heavy atom. The van der Waals surface area contributed by atoms with Gasteiger partial charge in [-0.1, -0.05) is 24.3 Å². The summed E-state index contributed by atoms with van der Waals surface area (Å²) in [7, 11) is 0. The first-order valence-electron chi connectivity index (χ1n) is 11.5. The Morgan fingerprint density at radius 1 is 1.09 bits per heavy atom. The number of nitrogens with one attached hydrogen (secondary N) is 2. The molecule has 0 radical (unpaired) electrons. The van der Waals surface area contributed by atoms with Crippen molar-refractivity contribution in [1.82, 2.24) is 15.5 Å². The van der Waals surface area contributed by atoms with Crippen LogP contribution in [0, 0.1) is 32.5 Å². The second-order valence-electron chi connectivity index (χ2n) is 9.19. The van der Waals surface area contributed by atoms with Gasteiger partial charge < -0.3 is 15.5 Å². The largest absolute Gasteiger partial charge is 0.348 e. The van der Waals surface area contributed by atoms with Crippen LogP contribution >= 0.6 is 12.4 Å². The molecule has 2 amide bonds. The third-order valence-electron chi connectivity index (χ3n) is 6.89. The first-order valence-corrected chi connectivity index (χ1v) is 11.5. The lowest BCUT2D eigenvalue weighted by molar-refractivity contribution is -0.138. The number of piperidine rings is 1. The van der Waals surface area contributed by atoms with Crippen LogP contribution in [0.2, 0.25) is 0 Å². The van der Waals surface area contributed by atoms with Gasteiger partial charge in [0.05, 0.1) is 5.92 Å². The highest BCUT2D eigenvalue weighted by Crippen LogP contribution is 2.32. The van der Waals surface area contributed by atoms with E-state index in [0.29, 0.717) is 25.1 Å². The molecule has 0 bridgehead atoms. The molecular weight excluding hydrogens is 441 g/mol. The zero-order valence-electron chi connectivity index (χ0n) is 19.5. The lowest BCUT2D eigenvalue weighted by Gasteiger charge is -2.36. The summed E-state index contributed by atoms with van der Waals surface area (Å²) >= 11 is 0. The van der Waals surface area contributed by atoms with Crippen LogP contribution in [0.25, 0.3) is 0 Å². The quantitative estimate of drug-likeness (QED) is 0.664. The van der Waals surface area contributed by atoms with Crippen LogP contribution < -0.4 is 10.6 Å². The lowest BCUT2D eigenvalue weighted by atomic mass is 9.91. The van der Waals surface area contributed by atoms with E-state index in [9.17, 15) is 14.0 Å². The van der Waals surface area contributed by atoms with E-state index in [1.54, 1.807) is 13.0 Å². The van der Waals surface area contributed by atoms with Crippen LogP contribution in [-0.4, -0.2) is 41.9 Å². The summed E-state index contributed by atoms with van der Waals surface area (Å²) in [6.07, 6.45) is 2.71. The first-order chi connectivity index (χ1) is 15.3. The van der Waals surface area contributed by atoms with Crippen LogP contribution in [0.3, 0.4) is 0 Å². The minimum Gasteiger partial charge on any atom is -0.348 e. The van der Waals surface area contributed by atoms with Crippen molar-refractivity contribution in [2.24, 2.45) is 5.92 Å². The Bertz CT molecular complexity index is 1020. The van der Waals surface area contributed by atoms with Crippen molar-refractivity contribution in [3.63, 3.8) is 0 Å². The van der Waals surface area contributed by atoms with Crippen LogP contribution in [-0.2, 0) is 11.3 Å². The van der Waals surface area contributed by atoms with Crippen molar-refractivity contribution < 1.29 is 14.0 Å². The van der Waals surface area contributed by atoms with Crippen molar-refractivity contribution in [2.75, 3.05) is 13.1 Å². The molecule has 2 N–H and O–H groups in total. The molecule has 0 aromatic heterocycles. The number of rotatable bonds is 6. The summed E-state index contributed by atoms with van der Waals surface area (Å²) in [6, 6.07) is 10.4. The van der Waals surface area contributed by atoms with Crippen LogP contribution in [0.5, 0.6) is 0 Å². The summed E-state index contributed by atoms with van der Waals surface area (Å²) < 4.78 is 13.7. The zero-order chi connectivity index (χ0) is 22.8. The number of hydrogen-bond acceptors (Lipinski definition) is 3. The molecule has 2 aliphatic rings. The summed E-state index contributed by atoms with van der Waals surface area (Å²) in [6.45, 7) is 7.84. The molecule has 2 aromatic rings. The average molecular weight is 474 g/mol. The number of amides is 2. The summed E-state index contributed by atoms with van der Waals surface area (Å²) in [5.41, 5.74) is 4.66. The monoisotopic (exact) mass is 473 g/mol. The molecule has 33 heavy (non-hydrogen) atoms. The van der Waals surface area contributed by atoms with Crippen molar-refractivity contribution in [3.8, 4) is 0 Å². The predicted molar refractivity (Wildman–Crippen MR) is 130 cm³/mol. The number of nitrogens with zero attached hydrogens (tertiary/aromatic N) is 1. The third-order valence-corrected chi connectivity index (χ3v) is 6.89. The highest BCUT2D eigenvalue weighted by molar-refractivity contribution is 5.96. The van der Waals surface area contributed by atoms with Crippen LogP contribution in [0.1, 0.15) is 51.9 Å². The molecule has 1 aliphatic carbocycles. The topological polar surface area (TPSA) is 61.4 Å². The Hall–Kier alpha value is -2.44. The van der Waals surface area contributed by atoms with E-state index in [1.807, 2.05) is 11.0 Å². The predicted octanol–water partition coefficient (Wildman–Crippen LogP) is 4.07. The fourth-order valence-electron chi connectivity index (χ4n) is 4.53. The molecular formula is C26H33ClFN3O2. The minimum atomic E-state index is -0.438. The summed E-state index contributed by atoms with van der Waals surface area (Å²) in [5, 5.41) is 6.36. The molecule has 2 fully saturated rings. The van der Waals surface area contributed by atoms with Gasteiger partial charge in [-0.25, -0.2) is 4.39 Å². The molecule has 1 heterocycles. The van der Waals surface area contributed by atoms with Crippen molar-refractivity contribution in [2.45, 2.75) is 58.7 Å². The lowest BCUT2D eigenvalue weighted by Crippen LogP contribution is -2.55. The second kappa shape index (κ2) is 10.7. The van der Waals surface area contributed by atoms with E-state index in [-0.39, 0.29) is 42.2 Å².